The molecule has 0 radical (unpaired) electrons. The van der Waals surface area contributed by atoms with Gasteiger partial charge in [0.2, 0.25) is 0 Å². The fraction of sp³-hybridized carbons (Fsp3) is 0.455. The minimum absolute atomic E-state index is 0.114. The fourth-order valence-corrected chi connectivity index (χ4v) is 1.35. The number of ether oxygens (including phenoxy) is 1. The van der Waals surface area contributed by atoms with Crippen LogP contribution in [0.3, 0.4) is 0 Å². The van der Waals surface area contributed by atoms with Gasteiger partial charge in [-0.25, -0.2) is 0 Å². The number of nitrogens with two attached hydrogens (primary N) is 1. The first-order chi connectivity index (χ1) is 6.63. The maximum atomic E-state index is 5.53. The molecule has 1 unspecified atom stereocenters. The standard InChI is InChI=1S/C11H17NOS/c1-8(2)13-10-5-3-9(4-6-10)11(14)7-12/h3-6,8,11,14H,7,12H2,1-2H3. The summed E-state index contributed by atoms with van der Waals surface area (Å²) in [5, 5.41) is 0.114. The van der Waals surface area contributed by atoms with Crippen LogP contribution in [0.2, 0.25) is 0 Å². The molecule has 1 atom stereocenters. The lowest BCUT2D eigenvalue weighted by Crippen LogP contribution is -2.08. The van der Waals surface area contributed by atoms with Crippen LogP contribution in [0.4, 0.5) is 0 Å². The molecule has 3 heteroatoms. The van der Waals surface area contributed by atoms with Gasteiger partial charge in [0.05, 0.1) is 6.10 Å². The van der Waals surface area contributed by atoms with Crippen LogP contribution in [0.1, 0.15) is 24.7 Å². The van der Waals surface area contributed by atoms with Crippen molar-refractivity contribution in [1.82, 2.24) is 0 Å². The van der Waals surface area contributed by atoms with Crippen LogP contribution in [0.25, 0.3) is 0 Å². The summed E-state index contributed by atoms with van der Waals surface area (Å²) in [6.45, 7) is 4.57. The topological polar surface area (TPSA) is 35.2 Å². The minimum atomic E-state index is 0.114. The summed E-state index contributed by atoms with van der Waals surface area (Å²) < 4.78 is 5.53. The van der Waals surface area contributed by atoms with E-state index in [1.165, 1.54) is 0 Å². The molecule has 0 fully saturated rings. The number of benzene rings is 1. The summed E-state index contributed by atoms with van der Waals surface area (Å²) in [5.41, 5.74) is 6.65. The normalized spacial score (nSPS) is 12.9. The molecule has 0 saturated heterocycles. The molecule has 2 nitrogen and oxygen atoms in total. The maximum Gasteiger partial charge on any atom is 0.119 e. The molecule has 0 amide bonds. The summed E-state index contributed by atoms with van der Waals surface area (Å²) in [4.78, 5) is 0. The molecule has 0 aromatic heterocycles. The van der Waals surface area contributed by atoms with E-state index in [9.17, 15) is 0 Å². The highest BCUT2D eigenvalue weighted by Crippen LogP contribution is 2.21. The Morgan fingerprint density at radius 1 is 1.29 bits per heavy atom. The van der Waals surface area contributed by atoms with Crippen molar-refractivity contribution in [2.24, 2.45) is 5.73 Å². The largest absolute Gasteiger partial charge is 0.491 e. The van der Waals surface area contributed by atoms with Gasteiger partial charge < -0.3 is 10.5 Å². The van der Waals surface area contributed by atoms with E-state index in [-0.39, 0.29) is 11.4 Å². The van der Waals surface area contributed by atoms with Gasteiger partial charge in [-0.1, -0.05) is 12.1 Å². The summed E-state index contributed by atoms with van der Waals surface area (Å²) >= 11 is 4.36. The van der Waals surface area contributed by atoms with E-state index in [0.29, 0.717) is 6.54 Å². The van der Waals surface area contributed by atoms with Crippen LogP contribution in [0.15, 0.2) is 24.3 Å². The number of hydrogen-bond acceptors (Lipinski definition) is 3. The third kappa shape index (κ3) is 3.24. The predicted octanol–water partition coefficient (Wildman–Crippen LogP) is 2.40. The number of hydrogen-bond donors (Lipinski definition) is 2. The summed E-state index contributed by atoms with van der Waals surface area (Å²) in [7, 11) is 0. The molecule has 0 aliphatic carbocycles. The Labute approximate surface area is 90.9 Å². The first kappa shape index (κ1) is 11.4. The van der Waals surface area contributed by atoms with Gasteiger partial charge in [-0.15, -0.1) is 0 Å². The van der Waals surface area contributed by atoms with E-state index in [1.54, 1.807) is 0 Å². The molecular weight excluding hydrogens is 194 g/mol. The molecule has 14 heavy (non-hydrogen) atoms. The third-order valence-corrected chi connectivity index (χ3v) is 2.37. The zero-order chi connectivity index (χ0) is 10.6. The highest BCUT2D eigenvalue weighted by molar-refractivity contribution is 7.80. The molecular formula is C11H17NOS. The first-order valence-corrected chi connectivity index (χ1v) is 5.30. The van der Waals surface area contributed by atoms with E-state index < -0.39 is 0 Å². The lowest BCUT2D eigenvalue weighted by atomic mass is 10.1. The van der Waals surface area contributed by atoms with Gasteiger partial charge >= 0.3 is 0 Å². The Bertz CT molecular complexity index is 271. The van der Waals surface area contributed by atoms with E-state index >= 15 is 0 Å². The van der Waals surface area contributed by atoms with Gasteiger partial charge in [-0.2, -0.15) is 12.6 Å². The Morgan fingerprint density at radius 3 is 2.29 bits per heavy atom. The highest BCUT2D eigenvalue weighted by Gasteiger charge is 2.04. The maximum absolute atomic E-state index is 5.53. The van der Waals surface area contributed by atoms with Gasteiger partial charge in [0.25, 0.3) is 0 Å². The van der Waals surface area contributed by atoms with E-state index in [2.05, 4.69) is 12.6 Å². The summed E-state index contributed by atoms with van der Waals surface area (Å²) in [6.07, 6.45) is 0.210. The molecule has 1 rings (SSSR count). The van der Waals surface area contributed by atoms with Gasteiger partial charge in [0.15, 0.2) is 0 Å². The van der Waals surface area contributed by atoms with Gasteiger partial charge in [-0.05, 0) is 31.5 Å². The second-order valence-corrected chi connectivity index (χ2v) is 4.11. The molecule has 0 aliphatic heterocycles. The fourth-order valence-electron chi connectivity index (χ4n) is 1.18. The van der Waals surface area contributed by atoms with Crippen molar-refractivity contribution in [3.63, 3.8) is 0 Å². The van der Waals surface area contributed by atoms with E-state index in [4.69, 9.17) is 10.5 Å². The molecule has 1 aromatic rings. The Morgan fingerprint density at radius 2 is 1.86 bits per heavy atom. The molecule has 2 N–H and O–H groups in total. The van der Waals surface area contributed by atoms with Crippen molar-refractivity contribution < 1.29 is 4.74 Å². The monoisotopic (exact) mass is 211 g/mol. The zero-order valence-electron chi connectivity index (χ0n) is 8.60. The van der Waals surface area contributed by atoms with Crippen LogP contribution in [0.5, 0.6) is 5.75 Å². The van der Waals surface area contributed by atoms with Crippen LogP contribution in [-0.2, 0) is 0 Å². The van der Waals surface area contributed by atoms with Crippen LogP contribution >= 0.6 is 12.6 Å². The Hall–Kier alpha value is -0.670. The molecule has 78 valence electrons. The van der Waals surface area contributed by atoms with Crippen LogP contribution in [0, 0.1) is 0 Å². The second-order valence-electron chi connectivity index (χ2n) is 3.49. The summed E-state index contributed by atoms with van der Waals surface area (Å²) in [5.74, 6) is 0.890. The van der Waals surface area contributed by atoms with Gasteiger partial charge in [-0.3, -0.25) is 0 Å². The average molecular weight is 211 g/mol. The molecule has 1 aromatic carbocycles. The van der Waals surface area contributed by atoms with E-state index in [1.807, 2.05) is 38.1 Å². The van der Waals surface area contributed by atoms with Crippen molar-refractivity contribution in [2.75, 3.05) is 6.54 Å². The number of thiol groups is 1. The van der Waals surface area contributed by atoms with Crippen LogP contribution < -0.4 is 10.5 Å². The Kier molecular flexibility index (Phi) is 4.29. The highest BCUT2D eigenvalue weighted by atomic mass is 32.1. The lowest BCUT2D eigenvalue weighted by molar-refractivity contribution is 0.242. The third-order valence-electron chi connectivity index (χ3n) is 1.86. The van der Waals surface area contributed by atoms with Crippen molar-refractivity contribution in [1.29, 1.82) is 0 Å². The lowest BCUT2D eigenvalue weighted by Gasteiger charge is -2.12. The van der Waals surface area contributed by atoms with E-state index in [0.717, 1.165) is 11.3 Å². The quantitative estimate of drug-likeness (QED) is 0.750. The first-order valence-electron chi connectivity index (χ1n) is 4.78. The second kappa shape index (κ2) is 5.27. The molecule has 0 spiro atoms. The Balaban J connectivity index is 2.68. The zero-order valence-corrected chi connectivity index (χ0v) is 9.50. The van der Waals surface area contributed by atoms with Crippen LogP contribution in [-0.4, -0.2) is 12.6 Å². The summed E-state index contributed by atoms with van der Waals surface area (Å²) in [6, 6.07) is 7.91. The van der Waals surface area contributed by atoms with Gasteiger partial charge in [0.1, 0.15) is 5.75 Å². The number of rotatable bonds is 4. The molecule has 0 heterocycles. The van der Waals surface area contributed by atoms with Gasteiger partial charge in [0, 0.05) is 11.8 Å². The smallest absolute Gasteiger partial charge is 0.119 e. The molecule has 0 aliphatic rings. The van der Waals surface area contributed by atoms with Crippen molar-refractivity contribution in [2.45, 2.75) is 25.2 Å². The van der Waals surface area contributed by atoms with Crippen molar-refractivity contribution >= 4 is 12.6 Å². The SMILES string of the molecule is CC(C)Oc1ccc(C(S)CN)cc1. The molecule has 0 bridgehead atoms. The molecule has 0 saturated carbocycles. The predicted molar refractivity (Wildman–Crippen MR) is 63.0 cm³/mol. The minimum Gasteiger partial charge on any atom is -0.491 e. The van der Waals surface area contributed by atoms with Crippen molar-refractivity contribution in [3.05, 3.63) is 29.8 Å². The average Bonchev–Trinajstić information content (AvgIpc) is 2.17. The van der Waals surface area contributed by atoms with Crippen molar-refractivity contribution in [3.8, 4) is 5.75 Å².